The molecule has 0 spiro atoms. The summed E-state index contributed by atoms with van der Waals surface area (Å²) in [5.41, 5.74) is 0.749. The van der Waals surface area contributed by atoms with E-state index in [1.807, 2.05) is 6.92 Å². The van der Waals surface area contributed by atoms with Crippen molar-refractivity contribution >= 4 is 11.9 Å². The highest BCUT2D eigenvalue weighted by molar-refractivity contribution is 5.90. The lowest BCUT2D eigenvalue weighted by Crippen LogP contribution is -2.27. The number of aryl methyl sites for hydroxylation is 1. The van der Waals surface area contributed by atoms with Gasteiger partial charge in [-0.25, -0.2) is 0 Å². The Bertz CT molecular complexity index is 283. The van der Waals surface area contributed by atoms with E-state index in [4.69, 9.17) is 4.42 Å². The van der Waals surface area contributed by atoms with E-state index in [0.717, 1.165) is 12.2 Å². The summed E-state index contributed by atoms with van der Waals surface area (Å²) in [5.74, 6) is -0.149. The van der Waals surface area contributed by atoms with Crippen LogP contribution in [0.15, 0.2) is 10.7 Å². The molecule has 13 heavy (non-hydrogen) atoms. The fourth-order valence-corrected chi connectivity index (χ4v) is 0.813. The number of likely N-dealkylation sites (N-methyl/N-ethyl adjacent to an activating group) is 1. The third kappa shape index (κ3) is 3.25. The summed E-state index contributed by atoms with van der Waals surface area (Å²) in [5, 5.41) is 5.41. The molecule has 72 valence electrons. The summed E-state index contributed by atoms with van der Waals surface area (Å²) in [7, 11) is 0. The lowest BCUT2D eigenvalue weighted by atomic mass is 10.5. The molecule has 0 aromatic carbocycles. The highest BCUT2D eigenvalue weighted by Gasteiger charge is 2.04. The number of aromatic nitrogens is 1. The van der Waals surface area contributed by atoms with E-state index in [1.54, 1.807) is 6.92 Å². The molecule has 2 N–H and O–H groups in total. The van der Waals surface area contributed by atoms with E-state index >= 15 is 0 Å². The second-order valence-electron chi connectivity index (χ2n) is 2.62. The molecule has 0 saturated carbocycles. The van der Waals surface area contributed by atoms with Crippen molar-refractivity contribution in [2.24, 2.45) is 0 Å². The molecule has 1 heterocycles. The maximum absolute atomic E-state index is 11.1. The van der Waals surface area contributed by atoms with Gasteiger partial charge >= 0.3 is 6.01 Å². The monoisotopic (exact) mass is 183 g/mol. The Balaban J connectivity index is 2.36. The largest absolute Gasteiger partial charge is 0.432 e. The third-order valence-corrected chi connectivity index (χ3v) is 1.40. The summed E-state index contributed by atoms with van der Waals surface area (Å²) < 4.78 is 4.94. The van der Waals surface area contributed by atoms with E-state index in [0.29, 0.717) is 0 Å². The number of hydrogen-bond donors (Lipinski definition) is 2. The van der Waals surface area contributed by atoms with Crippen LogP contribution in [0.25, 0.3) is 0 Å². The van der Waals surface area contributed by atoms with Gasteiger partial charge in [-0.15, -0.1) is 0 Å². The lowest BCUT2D eigenvalue weighted by Gasteiger charge is -1.99. The number of nitrogens with zero attached hydrogens (tertiary/aromatic N) is 1. The maximum atomic E-state index is 11.1. The molecule has 0 saturated heterocycles. The summed E-state index contributed by atoms with van der Waals surface area (Å²) >= 11 is 0. The molecule has 0 aliphatic rings. The van der Waals surface area contributed by atoms with E-state index in [2.05, 4.69) is 15.6 Å². The second kappa shape index (κ2) is 4.61. The van der Waals surface area contributed by atoms with Crippen LogP contribution in [0.3, 0.4) is 0 Å². The average Bonchev–Trinajstić information content (AvgIpc) is 2.48. The van der Waals surface area contributed by atoms with Crippen LogP contribution < -0.4 is 10.6 Å². The minimum atomic E-state index is -0.149. The minimum Gasteiger partial charge on any atom is -0.432 e. The quantitative estimate of drug-likeness (QED) is 0.714. The van der Waals surface area contributed by atoms with Crippen molar-refractivity contribution in [2.45, 2.75) is 13.8 Å². The number of nitrogens with one attached hydrogen (secondary N) is 2. The molecule has 5 nitrogen and oxygen atoms in total. The molecule has 0 aliphatic carbocycles. The molecule has 0 aliphatic heterocycles. The maximum Gasteiger partial charge on any atom is 0.301 e. The second-order valence-corrected chi connectivity index (χ2v) is 2.62. The van der Waals surface area contributed by atoms with Gasteiger partial charge in [0.15, 0.2) is 0 Å². The van der Waals surface area contributed by atoms with Gasteiger partial charge < -0.3 is 9.73 Å². The first-order valence-corrected chi connectivity index (χ1v) is 4.15. The van der Waals surface area contributed by atoms with Crippen molar-refractivity contribution in [1.82, 2.24) is 10.3 Å². The van der Waals surface area contributed by atoms with Crippen LogP contribution in [-0.4, -0.2) is 24.0 Å². The van der Waals surface area contributed by atoms with Crippen molar-refractivity contribution in [2.75, 3.05) is 18.4 Å². The smallest absolute Gasteiger partial charge is 0.301 e. The van der Waals surface area contributed by atoms with E-state index < -0.39 is 0 Å². The van der Waals surface area contributed by atoms with Gasteiger partial charge in [-0.2, -0.15) is 4.98 Å². The standard InChI is InChI=1S/C8H13N3O2/c1-3-9-4-7(12)11-8-10-6(2)5-13-8/h5,9H,3-4H2,1-2H3,(H,10,11,12). The number of oxazole rings is 1. The van der Waals surface area contributed by atoms with Gasteiger partial charge in [-0.1, -0.05) is 6.92 Å². The zero-order valence-corrected chi connectivity index (χ0v) is 7.76. The van der Waals surface area contributed by atoms with E-state index in [-0.39, 0.29) is 18.5 Å². The van der Waals surface area contributed by atoms with Gasteiger partial charge in [-0.3, -0.25) is 10.1 Å². The fourth-order valence-electron chi connectivity index (χ4n) is 0.813. The Morgan fingerprint density at radius 1 is 1.69 bits per heavy atom. The number of rotatable bonds is 4. The van der Waals surface area contributed by atoms with Gasteiger partial charge in [0.2, 0.25) is 5.91 Å². The molecule has 1 aromatic rings. The van der Waals surface area contributed by atoms with Crippen molar-refractivity contribution in [3.63, 3.8) is 0 Å². The molecule has 0 unspecified atom stereocenters. The molecule has 0 radical (unpaired) electrons. The normalized spacial score (nSPS) is 10.0. The number of hydrogen-bond acceptors (Lipinski definition) is 4. The molecule has 0 fully saturated rings. The van der Waals surface area contributed by atoms with Crippen LogP contribution in [0, 0.1) is 6.92 Å². The Kier molecular flexibility index (Phi) is 3.45. The Labute approximate surface area is 76.5 Å². The predicted molar refractivity (Wildman–Crippen MR) is 48.4 cm³/mol. The zero-order valence-electron chi connectivity index (χ0n) is 7.76. The molecule has 0 bridgehead atoms. The molecule has 1 rings (SSSR count). The van der Waals surface area contributed by atoms with E-state index in [9.17, 15) is 4.79 Å². The molecule has 1 aromatic heterocycles. The molecule has 0 atom stereocenters. The van der Waals surface area contributed by atoms with Gasteiger partial charge in [0.25, 0.3) is 0 Å². The van der Waals surface area contributed by atoms with Crippen LogP contribution in [0.5, 0.6) is 0 Å². The van der Waals surface area contributed by atoms with Crippen LogP contribution in [0.4, 0.5) is 6.01 Å². The highest BCUT2D eigenvalue weighted by atomic mass is 16.4. The molecular weight excluding hydrogens is 170 g/mol. The van der Waals surface area contributed by atoms with Gasteiger partial charge in [0.05, 0.1) is 12.2 Å². The first-order chi connectivity index (χ1) is 6.22. The summed E-state index contributed by atoms with van der Waals surface area (Å²) in [6, 6.07) is 0.250. The summed E-state index contributed by atoms with van der Waals surface area (Å²) in [6.45, 7) is 4.77. The van der Waals surface area contributed by atoms with Crippen LogP contribution in [0.2, 0.25) is 0 Å². The Morgan fingerprint density at radius 3 is 3.00 bits per heavy atom. The summed E-state index contributed by atoms with van der Waals surface area (Å²) in [6.07, 6.45) is 1.49. The zero-order chi connectivity index (χ0) is 9.68. The predicted octanol–water partition coefficient (Wildman–Crippen LogP) is 0.531. The van der Waals surface area contributed by atoms with E-state index in [1.165, 1.54) is 6.26 Å². The third-order valence-electron chi connectivity index (χ3n) is 1.40. The van der Waals surface area contributed by atoms with Crippen molar-refractivity contribution < 1.29 is 9.21 Å². The van der Waals surface area contributed by atoms with Crippen molar-refractivity contribution in [1.29, 1.82) is 0 Å². The number of carbonyl (C=O) groups excluding carboxylic acids is 1. The van der Waals surface area contributed by atoms with Crippen LogP contribution in [0.1, 0.15) is 12.6 Å². The van der Waals surface area contributed by atoms with Gasteiger partial charge in [-0.05, 0) is 13.5 Å². The van der Waals surface area contributed by atoms with Crippen molar-refractivity contribution in [3.05, 3.63) is 12.0 Å². The van der Waals surface area contributed by atoms with Crippen LogP contribution in [-0.2, 0) is 4.79 Å². The lowest BCUT2D eigenvalue weighted by molar-refractivity contribution is -0.115. The van der Waals surface area contributed by atoms with Crippen LogP contribution >= 0.6 is 0 Å². The molecule has 1 amide bonds. The SMILES string of the molecule is CCNCC(=O)Nc1nc(C)co1. The van der Waals surface area contributed by atoms with Gasteiger partial charge in [0, 0.05) is 0 Å². The fraction of sp³-hybridized carbons (Fsp3) is 0.500. The first kappa shape index (κ1) is 9.73. The minimum absolute atomic E-state index is 0.149. The van der Waals surface area contributed by atoms with Gasteiger partial charge in [0.1, 0.15) is 6.26 Å². The number of carbonyl (C=O) groups is 1. The first-order valence-electron chi connectivity index (χ1n) is 4.15. The Hall–Kier alpha value is -1.36. The Morgan fingerprint density at radius 2 is 2.46 bits per heavy atom. The molecule has 5 heteroatoms. The number of anilines is 1. The molecular formula is C8H13N3O2. The summed E-state index contributed by atoms with van der Waals surface area (Å²) in [4.78, 5) is 15.0. The van der Waals surface area contributed by atoms with Crippen molar-refractivity contribution in [3.8, 4) is 0 Å². The topological polar surface area (TPSA) is 67.2 Å². The number of amides is 1. The highest BCUT2D eigenvalue weighted by Crippen LogP contribution is 2.04. The average molecular weight is 183 g/mol.